The van der Waals surface area contributed by atoms with Gasteiger partial charge in [-0.1, -0.05) is 97.1 Å². The second-order valence-electron chi connectivity index (χ2n) is 9.65. The van der Waals surface area contributed by atoms with Crippen molar-refractivity contribution in [3.8, 4) is 27.9 Å². The van der Waals surface area contributed by atoms with E-state index in [0.717, 1.165) is 16.7 Å². The van der Waals surface area contributed by atoms with Crippen LogP contribution in [0.5, 0.6) is 0 Å². The van der Waals surface area contributed by atoms with Gasteiger partial charge in [0, 0.05) is 26.5 Å². The summed E-state index contributed by atoms with van der Waals surface area (Å²) in [5, 5.41) is 3.76. The fourth-order valence-electron chi connectivity index (χ4n) is 5.69. The molecular weight excluding hydrogens is 480 g/mol. The van der Waals surface area contributed by atoms with Crippen molar-refractivity contribution in [3.63, 3.8) is 0 Å². The van der Waals surface area contributed by atoms with Gasteiger partial charge in [0.1, 0.15) is 0 Å². The molecule has 8 aromatic rings. The molecule has 0 fully saturated rings. The summed E-state index contributed by atoms with van der Waals surface area (Å²) >= 11 is 1.84. The Labute approximate surface area is 224 Å². The van der Waals surface area contributed by atoms with Gasteiger partial charge in [0.25, 0.3) is 0 Å². The van der Waals surface area contributed by atoms with E-state index in [-0.39, 0.29) is 0 Å². The number of hydrogen-bond acceptors (Lipinski definition) is 2. The smallest absolute Gasteiger partial charge is 0.0896 e. The summed E-state index contributed by atoms with van der Waals surface area (Å²) in [4.78, 5) is 5.03. The number of fused-ring (bicyclic) bond motifs is 7. The molecule has 0 aliphatic rings. The molecule has 5 aromatic carbocycles. The molecule has 3 aromatic heterocycles. The Kier molecular flexibility index (Phi) is 4.73. The summed E-state index contributed by atoms with van der Waals surface area (Å²) in [6, 6.07) is 45.5. The lowest BCUT2D eigenvalue weighted by molar-refractivity contribution is 1.17. The summed E-state index contributed by atoms with van der Waals surface area (Å²) in [5.41, 5.74) is 9.36. The molecule has 0 unspecified atom stereocenters. The van der Waals surface area contributed by atoms with Crippen molar-refractivity contribution in [2.75, 3.05) is 0 Å². The molecule has 0 saturated heterocycles. The first-order chi connectivity index (χ1) is 18.8. The van der Waals surface area contributed by atoms with Crippen LogP contribution in [0.2, 0.25) is 0 Å². The Bertz CT molecular complexity index is 2060. The largest absolute Gasteiger partial charge is 0.308 e. The molecule has 0 atom stereocenters. The fraction of sp³-hybridized carbons (Fsp3) is 0. The molecule has 38 heavy (non-hydrogen) atoms. The van der Waals surface area contributed by atoms with Crippen LogP contribution in [0.4, 0.5) is 0 Å². The van der Waals surface area contributed by atoms with E-state index in [1.807, 2.05) is 11.3 Å². The molecule has 8 rings (SSSR count). The van der Waals surface area contributed by atoms with Crippen LogP contribution in [0.15, 0.2) is 134 Å². The predicted octanol–water partition coefficient (Wildman–Crippen LogP) is 9.88. The van der Waals surface area contributed by atoms with Crippen LogP contribution in [0.1, 0.15) is 0 Å². The minimum Gasteiger partial charge on any atom is -0.308 e. The molecule has 0 spiro atoms. The number of benzene rings is 5. The molecule has 0 aliphatic carbocycles. The van der Waals surface area contributed by atoms with Crippen LogP contribution >= 0.6 is 11.3 Å². The summed E-state index contributed by atoms with van der Waals surface area (Å²) in [6.07, 6.45) is 2.06. The average Bonchev–Trinajstić information content (AvgIpc) is 3.53. The third-order valence-electron chi connectivity index (χ3n) is 7.41. The summed E-state index contributed by atoms with van der Waals surface area (Å²) < 4.78 is 4.92. The second kappa shape index (κ2) is 8.41. The average molecular weight is 503 g/mol. The number of aromatic nitrogens is 2. The van der Waals surface area contributed by atoms with E-state index in [4.69, 9.17) is 4.98 Å². The Morgan fingerprint density at radius 1 is 0.526 bits per heavy atom. The van der Waals surface area contributed by atoms with Gasteiger partial charge in [-0.2, -0.15) is 0 Å². The monoisotopic (exact) mass is 502 g/mol. The third kappa shape index (κ3) is 3.22. The highest BCUT2D eigenvalue weighted by Crippen LogP contribution is 2.42. The molecule has 0 N–H and O–H groups in total. The molecule has 0 amide bonds. The van der Waals surface area contributed by atoms with Crippen LogP contribution < -0.4 is 0 Å². The van der Waals surface area contributed by atoms with Crippen molar-refractivity contribution in [1.82, 2.24) is 9.55 Å². The first-order valence-electron chi connectivity index (χ1n) is 12.8. The topological polar surface area (TPSA) is 17.8 Å². The highest BCUT2D eigenvalue weighted by molar-refractivity contribution is 7.26. The zero-order valence-electron chi connectivity index (χ0n) is 20.5. The molecule has 3 heterocycles. The van der Waals surface area contributed by atoms with Crippen LogP contribution in [0.25, 0.3) is 70.0 Å². The molecule has 0 saturated carbocycles. The minimum atomic E-state index is 1.09. The maximum absolute atomic E-state index is 5.03. The van der Waals surface area contributed by atoms with Gasteiger partial charge in [-0.05, 0) is 52.6 Å². The van der Waals surface area contributed by atoms with Crippen molar-refractivity contribution < 1.29 is 0 Å². The van der Waals surface area contributed by atoms with Gasteiger partial charge in [0.05, 0.1) is 27.4 Å². The first-order valence-corrected chi connectivity index (χ1v) is 13.6. The molecule has 0 aliphatic heterocycles. The lowest BCUT2D eigenvalue weighted by Gasteiger charge is -2.14. The molecule has 3 heteroatoms. The van der Waals surface area contributed by atoms with E-state index in [1.165, 1.54) is 53.3 Å². The molecular formula is C35H22N2S. The number of pyridine rings is 1. The lowest BCUT2D eigenvalue weighted by Crippen LogP contribution is -1.96. The number of hydrogen-bond donors (Lipinski definition) is 0. The van der Waals surface area contributed by atoms with E-state index in [1.54, 1.807) is 0 Å². The van der Waals surface area contributed by atoms with Crippen molar-refractivity contribution >= 4 is 53.4 Å². The number of nitrogens with zero attached hydrogens (tertiary/aromatic N) is 2. The predicted molar refractivity (Wildman–Crippen MR) is 162 cm³/mol. The maximum Gasteiger partial charge on any atom is 0.0896 e. The van der Waals surface area contributed by atoms with Gasteiger partial charge < -0.3 is 4.57 Å². The molecule has 0 bridgehead atoms. The number of thiophene rings is 1. The van der Waals surface area contributed by atoms with Crippen LogP contribution in [0, 0.1) is 0 Å². The van der Waals surface area contributed by atoms with E-state index in [2.05, 4.69) is 138 Å². The van der Waals surface area contributed by atoms with E-state index >= 15 is 0 Å². The van der Waals surface area contributed by atoms with E-state index < -0.39 is 0 Å². The van der Waals surface area contributed by atoms with Gasteiger partial charge in [-0.3, -0.25) is 4.98 Å². The Morgan fingerprint density at radius 2 is 1.13 bits per heavy atom. The Morgan fingerprint density at radius 3 is 1.84 bits per heavy atom. The summed E-state index contributed by atoms with van der Waals surface area (Å²) in [5.74, 6) is 0. The zero-order chi connectivity index (χ0) is 25.1. The van der Waals surface area contributed by atoms with Gasteiger partial charge in [0.15, 0.2) is 0 Å². The molecule has 2 nitrogen and oxygen atoms in total. The van der Waals surface area contributed by atoms with Crippen LogP contribution in [-0.2, 0) is 0 Å². The van der Waals surface area contributed by atoms with Crippen molar-refractivity contribution in [2.24, 2.45) is 0 Å². The minimum absolute atomic E-state index is 1.09. The van der Waals surface area contributed by atoms with Crippen LogP contribution in [0.3, 0.4) is 0 Å². The summed E-state index contributed by atoms with van der Waals surface area (Å²) in [6.45, 7) is 0. The van der Waals surface area contributed by atoms with Crippen molar-refractivity contribution in [1.29, 1.82) is 0 Å². The number of rotatable bonds is 3. The Hall–Kier alpha value is -4.73. The quantitative estimate of drug-likeness (QED) is 0.235. The highest BCUT2D eigenvalue weighted by atomic mass is 32.1. The Balaban J connectivity index is 1.49. The zero-order valence-corrected chi connectivity index (χ0v) is 21.3. The second-order valence-corrected chi connectivity index (χ2v) is 10.7. The van der Waals surface area contributed by atoms with Gasteiger partial charge in [0.2, 0.25) is 0 Å². The normalized spacial score (nSPS) is 11.7. The molecule has 0 radical (unpaired) electrons. The van der Waals surface area contributed by atoms with Crippen molar-refractivity contribution in [3.05, 3.63) is 134 Å². The molecule has 178 valence electrons. The van der Waals surface area contributed by atoms with E-state index in [0.29, 0.717) is 0 Å². The van der Waals surface area contributed by atoms with Gasteiger partial charge >= 0.3 is 0 Å². The summed E-state index contributed by atoms with van der Waals surface area (Å²) in [7, 11) is 0. The fourth-order valence-corrected chi connectivity index (χ4v) is 6.91. The first kappa shape index (κ1) is 21.4. The SMILES string of the molecule is c1ccc(-c2cc(-c3ccccc3)cc(-n3c4ccccc4c4c5sc6ccccc6c5ncc43)c2)cc1. The number of para-hydroxylation sites is 1. The maximum atomic E-state index is 5.03. The standard InChI is InChI=1S/C35H22N2S/c1-3-11-23(12-4-1)25-19-26(24-13-5-2-6-14-24)21-27(20-25)37-30-17-9-7-15-28(30)33-31(37)22-36-34-29-16-8-10-18-32(29)38-35(33)34/h1-22H. The lowest BCUT2D eigenvalue weighted by atomic mass is 9.98. The van der Waals surface area contributed by atoms with Crippen LogP contribution in [-0.4, -0.2) is 9.55 Å². The van der Waals surface area contributed by atoms with Gasteiger partial charge in [-0.15, -0.1) is 11.3 Å². The third-order valence-corrected chi connectivity index (χ3v) is 8.59. The van der Waals surface area contributed by atoms with E-state index in [9.17, 15) is 0 Å². The van der Waals surface area contributed by atoms with Crippen molar-refractivity contribution in [2.45, 2.75) is 0 Å². The highest BCUT2D eigenvalue weighted by Gasteiger charge is 2.19. The van der Waals surface area contributed by atoms with Gasteiger partial charge in [-0.25, -0.2) is 0 Å².